The Labute approximate surface area is 337 Å². The van der Waals surface area contributed by atoms with Crippen LogP contribution in [0.2, 0.25) is 28.2 Å². The molecule has 1 amide bonds. The van der Waals surface area contributed by atoms with Crippen LogP contribution in [0.4, 0.5) is 15.2 Å². The summed E-state index contributed by atoms with van der Waals surface area (Å²) in [6, 6.07) is 9.29. The number of piperidine rings is 1. The summed E-state index contributed by atoms with van der Waals surface area (Å²) in [7, 11) is -1.70. The molecule has 6 heterocycles. The van der Waals surface area contributed by atoms with Crippen molar-refractivity contribution in [3.05, 3.63) is 75.9 Å². The van der Waals surface area contributed by atoms with Crippen LogP contribution in [0.5, 0.6) is 0 Å². The van der Waals surface area contributed by atoms with E-state index in [9.17, 15) is 9.18 Å². The summed E-state index contributed by atoms with van der Waals surface area (Å²) in [5, 5.41) is 11.7. The minimum atomic E-state index is -1.70. The first kappa shape index (κ1) is 38.5. The van der Waals surface area contributed by atoms with Crippen molar-refractivity contribution in [3.63, 3.8) is 0 Å². The average molecular weight is 824 g/mol. The van der Waals surface area contributed by atoms with Crippen LogP contribution in [-0.2, 0) is 22.2 Å². The molecule has 2 fully saturated rings. The van der Waals surface area contributed by atoms with Crippen molar-refractivity contribution in [2.45, 2.75) is 76.9 Å². The van der Waals surface area contributed by atoms with E-state index in [0.29, 0.717) is 49.3 Å². The molecule has 0 saturated carbocycles. The number of amides is 1. The molecule has 55 heavy (non-hydrogen) atoms. The maximum absolute atomic E-state index is 14.4. The molecule has 8 rings (SSSR count). The third kappa shape index (κ3) is 7.85. The van der Waals surface area contributed by atoms with Gasteiger partial charge in [-0.05, 0) is 73.7 Å². The number of thiazole rings is 1. The lowest BCUT2D eigenvalue weighted by molar-refractivity contribution is -0.118. The van der Waals surface area contributed by atoms with E-state index in [4.69, 9.17) is 32.7 Å². The monoisotopic (exact) mass is 822 g/mol. The molecule has 292 valence electrons. The van der Waals surface area contributed by atoms with E-state index in [1.54, 1.807) is 28.7 Å². The molecule has 10 nitrogen and oxygen atoms in total. The number of imidazole rings is 1. The third-order valence-electron chi connectivity index (χ3n) is 12.1. The zero-order valence-corrected chi connectivity index (χ0v) is 35.4. The zero-order valence-electron chi connectivity index (χ0n) is 32.1. The largest absolute Gasteiger partial charge is 0.417 e. The molecule has 5 aromatic rings. The SMILES string of the molecule is CC(C)(C)[Si](C)(C)OCC1CCN(CC2CN(c3ccc(-c4cc(Cl)c5cn([C@@H](C(=O)Nc6nccs6)c6ncn7c6C[C@@H](F)C7)nc5c4Cl)cc3)C2)CC1. The van der Waals surface area contributed by atoms with Gasteiger partial charge in [0.2, 0.25) is 0 Å². The van der Waals surface area contributed by atoms with Crippen molar-refractivity contribution in [3.8, 4) is 11.1 Å². The van der Waals surface area contributed by atoms with Crippen LogP contribution in [-0.4, -0.2) is 88.9 Å². The molecule has 3 aliphatic rings. The predicted molar refractivity (Wildman–Crippen MR) is 223 cm³/mol. The van der Waals surface area contributed by atoms with Crippen molar-refractivity contribution in [1.82, 2.24) is 29.2 Å². The summed E-state index contributed by atoms with van der Waals surface area (Å²) >= 11 is 15.3. The molecular weight excluding hydrogens is 775 g/mol. The van der Waals surface area contributed by atoms with Crippen molar-refractivity contribution in [2.24, 2.45) is 11.8 Å². The molecule has 0 bridgehead atoms. The Kier molecular flexibility index (Phi) is 10.7. The minimum Gasteiger partial charge on any atom is -0.417 e. The molecule has 15 heteroatoms. The van der Waals surface area contributed by atoms with Gasteiger partial charge in [0.15, 0.2) is 19.5 Å². The Morgan fingerprint density at radius 2 is 1.84 bits per heavy atom. The van der Waals surface area contributed by atoms with Gasteiger partial charge in [-0.15, -0.1) is 11.3 Å². The third-order valence-corrected chi connectivity index (χ3v) is 18.0. The summed E-state index contributed by atoms with van der Waals surface area (Å²) in [5.74, 6) is 0.948. The number of rotatable bonds is 11. The number of likely N-dealkylation sites (tertiary alicyclic amines) is 1. The lowest BCUT2D eigenvalue weighted by atomic mass is 9.94. The molecule has 0 aliphatic carbocycles. The zero-order chi connectivity index (χ0) is 38.6. The molecule has 3 aliphatic heterocycles. The van der Waals surface area contributed by atoms with Gasteiger partial charge in [-0.2, -0.15) is 5.10 Å². The van der Waals surface area contributed by atoms with Crippen molar-refractivity contribution < 1.29 is 13.6 Å². The predicted octanol–water partition coefficient (Wildman–Crippen LogP) is 8.96. The lowest BCUT2D eigenvalue weighted by Gasteiger charge is -2.44. The van der Waals surface area contributed by atoms with Gasteiger partial charge in [-0.3, -0.25) is 14.8 Å². The molecule has 2 saturated heterocycles. The highest BCUT2D eigenvalue weighted by Gasteiger charge is 2.38. The fourth-order valence-corrected chi connectivity index (χ4v) is 9.97. The van der Waals surface area contributed by atoms with E-state index in [1.807, 2.05) is 6.07 Å². The van der Waals surface area contributed by atoms with Gasteiger partial charge < -0.3 is 18.8 Å². The van der Waals surface area contributed by atoms with Gasteiger partial charge in [-0.1, -0.05) is 56.1 Å². The number of carbonyl (C=O) groups excluding carboxylic acids is 1. The number of fused-ring (bicyclic) bond motifs is 2. The van der Waals surface area contributed by atoms with E-state index in [1.165, 1.54) is 34.5 Å². The van der Waals surface area contributed by atoms with Gasteiger partial charge in [0, 0.05) is 78.7 Å². The van der Waals surface area contributed by atoms with Crippen LogP contribution in [0, 0.1) is 11.8 Å². The van der Waals surface area contributed by atoms with Gasteiger partial charge in [0.25, 0.3) is 5.91 Å². The first-order valence-electron chi connectivity index (χ1n) is 19.2. The van der Waals surface area contributed by atoms with Crippen molar-refractivity contribution >= 4 is 70.5 Å². The van der Waals surface area contributed by atoms with Crippen LogP contribution in [0.3, 0.4) is 0 Å². The highest BCUT2D eigenvalue weighted by Crippen LogP contribution is 2.41. The molecule has 2 aromatic carbocycles. The Hall–Kier alpha value is -3.33. The summed E-state index contributed by atoms with van der Waals surface area (Å²) in [6.07, 6.45) is 6.49. The summed E-state index contributed by atoms with van der Waals surface area (Å²) < 4.78 is 24.3. The average Bonchev–Trinajstić information content (AvgIpc) is 3.94. The second kappa shape index (κ2) is 15.2. The van der Waals surface area contributed by atoms with Crippen LogP contribution in [0.15, 0.2) is 54.4 Å². The highest BCUT2D eigenvalue weighted by molar-refractivity contribution is 7.13. The number of nitrogens with one attached hydrogen (secondary N) is 1. The highest BCUT2D eigenvalue weighted by atomic mass is 35.5. The quantitative estimate of drug-likeness (QED) is 0.133. The van der Waals surface area contributed by atoms with E-state index in [0.717, 1.165) is 50.5 Å². The molecular formula is C40H49Cl2FN8O2SSi. The van der Waals surface area contributed by atoms with Crippen molar-refractivity contribution in [2.75, 3.05) is 49.5 Å². The Morgan fingerprint density at radius 3 is 2.53 bits per heavy atom. The Bertz CT molecular complexity index is 2160. The number of benzene rings is 2. The normalized spacial score (nSPS) is 19.2. The molecule has 2 atom stereocenters. The fourth-order valence-electron chi connectivity index (χ4n) is 7.80. The van der Waals surface area contributed by atoms with Crippen LogP contribution in [0.1, 0.15) is 51.0 Å². The number of anilines is 2. The molecule has 0 radical (unpaired) electrons. The smallest absolute Gasteiger partial charge is 0.257 e. The minimum absolute atomic E-state index is 0.171. The van der Waals surface area contributed by atoms with Crippen LogP contribution in [0.25, 0.3) is 22.0 Å². The second-order valence-electron chi connectivity index (χ2n) is 17.0. The van der Waals surface area contributed by atoms with E-state index >= 15 is 0 Å². The Morgan fingerprint density at radius 1 is 1.09 bits per heavy atom. The lowest BCUT2D eigenvalue weighted by Crippen LogP contribution is -2.52. The summed E-state index contributed by atoms with van der Waals surface area (Å²) in [6.45, 7) is 18.3. The van der Waals surface area contributed by atoms with Gasteiger partial charge in [0.05, 0.1) is 28.6 Å². The molecule has 3 aromatic heterocycles. The number of nitrogens with zero attached hydrogens (tertiary/aromatic N) is 7. The van der Waals surface area contributed by atoms with Gasteiger partial charge >= 0.3 is 0 Å². The topological polar surface area (TPSA) is 93.3 Å². The number of alkyl halides is 1. The van der Waals surface area contributed by atoms with Gasteiger partial charge in [-0.25, -0.2) is 14.4 Å². The summed E-state index contributed by atoms with van der Waals surface area (Å²) in [4.78, 5) is 27.7. The van der Waals surface area contributed by atoms with E-state index in [-0.39, 0.29) is 18.0 Å². The number of aromatic nitrogens is 5. The van der Waals surface area contributed by atoms with Crippen LogP contribution >= 0.6 is 34.5 Å². The fraction of sp³-hybridized carbons (Fsp3) is 0.500. The number of hydrogen-bond donors (Lipinski definition) is 1. The first-order chi connectivity index (χ1) is 26.2. The summed E-state index contributed by atoms with van der Waals surface area (Å²) in [5.41, 5.74) is 4.43. The van der Waals surface area contributed by atoms with Crippen LogP contribution < -0.4 is 10.2 Å². The van der Waals surface area contributed by atoms with Gasteiger partial charge in [0.1, 0.15) is 11.7 Å². The molecule has 0 spiro atoms. The number of hydrogen-bond acceptors (Lipinski definition) is 8. The van der Waals surface area contributed by atoms with Crippen molar-refractivity contribution in [1.29, 1.82) is 0 Å². The van der Waals surface area contributed by atoms with E-state index < -0.39 is 26.4 Å². The number of halogens is 3. The second-order valence-corrected chi connectivity index (χ2v) is 23.5. The number of carbonyl (C=O) groups is 1. The standard InChI is InChI=1S/C40H49Cl2FN8O2SSi/c1-40(2,3)55(4,5)53-23-25-10-13-48(14-11-25)18-26-19-49(20-26)29-8-6-27(7-9-29)30-17-32(41)31-22-51(47-35(31)34(30)42)37(38(52)46-39-44-12-15-54-39)36-33-16-28(43)21-50(33)24-45-36/h6-9,12,15,17,22,24-26,28,37H,10-11,13-14,16,18-21,23H2,1-5H3,(H,44,46,52)/t28-,37-/m1/s1. The Balaban J connectivity index is 0.925. The van der Waals surface area contributed by atoms with E-state index in [2.05, 4.69) is 83.2 Å². The first-order valence-corrected chi connectivity index (χ1v) is 23.8. The maximum Gasteiger partial charge on any atom is 0.257 e. The molecule has 0 unspecified atom stereocenters. The maximum atomic E-state index is 14.4. The molecule has 1 N–H and O–H groups in total.